The van der Waals surface area contributed by atoms with E-state index in [1.54, 1.807) is 4.90 Å². The maximum Gasteiger partial charge on any atom is 0.230 e. The first-order valence-electron chi connectivity index (χ1n) is 9.81. The van der Waals surface area contributed by atoms with Crippen LogP contribution in [0.4, 0.5) is 5.69 Å². The molecule has 1 fully saturated rings. The Morgan fingerprint density at radius 2 is 1.74 bits per heavy atom. The summed E-state index contributed by atoms with van der Waals surface area (Å²) in [5.74, 6) is 0.240. The topological polar surface area (TPSA) is 49.4 Å². The Labute approximate surface area is 160 Å². The molecule has 1 saturated carbocycles. The third kappa shape index (κ3) is 3.14. The number of benzene rings is 2. The van der Waals surface area contributed by atoms with Crippen LogP contribution in [0, 0.1) is 0 Å². The van der Waals surface area contributed by atoms with Crippen LogP contribution < -0.4 is 10.2 Å². The molecule has 2 aromatic rings. The fourth-order valence-electron chi connectivity index (χ4n) is 4.68. The minimum atomic E-state index is -0.420. The third-order valence-electron chi connectivity index (χ3n) is 6.26. The van der Waals surface area contributed by atoms with Crippen molar-refractivity contribution in [2.45, 2.75) is 43.4 Å². The van der Waals surface area contributed by atoms with E-state index >= 15 is 0 Å². The van der Waals surface area contributed by atoms with Crippen molar-refractivity contribution in [1.29, 1.82) is 0 Å². The van der Waals surface area contributed by atoms with Crippen molar-refractivity contribution in [2.75, 3.05) is 18.5 Å². The molecule has 140 valence electrons. The van der Waals surface area contributed by atoms with Crippen LogP contribution in [0.5, 0.6) is 0 Å². The zero-order valence-corrected chi connectivity index (χ0v) is 15.8. The number of nitrogens with zero attached hydrogens (tertiary/aromatic N) is 1. The lowest BCUT2D eigenvalue weighted by Gasteiger charge is -2.33. The monoisotopic (exact) mass is 362 g/mol. The highest BCUT2D eigenvalue weighted by atomic mass is 16.2. The van der Waals surface area contributed by atoms with Gasteiger partial charge in [0.25, 0.3) is 0 Å². The van der Waals surface area contributed by atoms with Gasteiger partial charge in [-0.1, -0.05) is 61.4 Å². The fraction of sp³-hybridized carbons (Fsp3) is 0.391. The molecule has 2 amide bonds. The van der Waals surface area contributed by atoms with E-state index in [0.29, 0.717) is 13.0 Å². The number of para-hydroxylation sites is 1. The maximum atomic E-state index is 13.3. The molecule has 0 unspecified atom stereocenters. The minimum Gasteiger partial charge on any atom is -0.355 e. The van der Waals surface area contributed by atoms with Gasteiger partial charge in [-0.05, 0) is 30.0 Å². The van der Waals surface area contributed by atoms with E-state index in [0.717, 1.165) is 42.5 Å². The van der Waals surface area contributed by atoms with Gasteiger partial charge >= 0.3 is 0 Å². The van der Waals surface area contributed by atoms with E-state index in [1.807, 2.05) is 43.4 Å². The van der Waals surface area contributed by atoms with Gasteiger partial charge in [0.15, 0.2) is 0 Å². The van der Waals surface area contributed by atoms with Crippen molar-refractivity contribution in [3.63, 3.8) is 0 Å². The average molecular weight is 362 g/mol. The number of nitrogens with one attached hydrogen (secondary N) is 1. The second kappa shape index (κ2) is 7.18. The summed E-state index contributed by atoms with van der Waals surface area (Å²) in [6, 6.07) is 18.1. The molecule has 0 saturated heterocycles. The highest BCUT2D eigenvalue weighted by molar-refractivity contribution is 5.97. The van der Waals surface area contributed by atoms with Crippen LogP contribution in [0.1, 0.15) is 49.1 Å². The number of amides is 2. The van der Waals surface area contributed by atoms with Gasteiger partial charge < -0.3 is 10.2 Å². The summed E-state index contributed by atoms with van der Waals surface area (Å²) in [7, 11) is 1.82. The summed E-state index contributed by atoms with van der Waals surface area (Å²) >= 11 is 0. The summed E-state index contributed by atoms with van der Waals surface area (Å²) < 4.78 is 0. The van der Waals surface area contributed by atoms with E-state index in [1.165, 1.54) is 0 Å². The molecule has 27 heavy (non-hydrogen) atoms. The van der Waals surface area contributed by atoms with Crippen LogP contribution in [0.2, 0.25) is 0 Å². The molecule has 0 spiro atoms. The summed E-state index contributed by atoms with van der Waals surface area (Å²) in [5, 5.41) is 3.20. The predicted octanol–water partition coefficient (Wildman–Crippen LogP) is 3.76. The molecule has 2 aliphatic rings. The van der Waals surface area contributed by atoms with Gasteiger partial charge in [0, 0.05) is 31.6 Å². The fourth-order valence-corrected chi connectivity index (χ4v) is 4.68. The number of rotatable bonds is 4. The van der Waals surface area contributed by atoms with Crippen molar-refractivity contribution in [3.8, 4) is 0 Å². The Kier molecular flexibility index (Phi) is 4.73. The molecule has 4 rings (SSSR count). The second-order valence-corrected chi connectivity index (χ2v) is 7.78. The van der Waals surface area contributed by atoms with Crippen LogP contribution in [0.25, 0.3) is 0 Å². The van der Waals surface area contributed by atoms with E-state index in [9.17, 15) is 9.59 Å². The molecule has 2 aromatic carbocycles. The standard InChI is InChI=1S/C23H26N2O2/c1-25-20-12-6-5-11-19(20)17(15-21(25)26)16-24-22(27)23(13-7-8-14-23)18-9-3-2-4-10-18/h2-6,9-12,17H,7-8,13-16H2,1H3,(H,24,27)/t17-/m1/s1. The molecule has 1 N–H and O–H groups in total. The first-order chi connectivity index (χ1) is 13.1. The van der Waals surface area contributed by atoms with Crippen molar-refractivity contribution >= 4 is 17.5 Å². The normalized spacial score (nSPS) is 21.0. The maximum absolute atomic E-state index is 13.3. The molecule has 4 nitrogen and oxygen atoms in total. The lowest BCUT2D eigenvalue weighted by Crippen LogP contribution is -2.45. The zero-order chi connectivity index (χ0) is 18.9. The second-order valence-electron chi connectivity index (χ2n) is 7.78. The largest absolute Gasteiger partial charge is 0.355 e. The van der Waals surface area contributed by atoms with Gasteiger partial charge in [-0.2, -0.15) is 0 Å². The van der Waals surface area contributed by atoms with Crippen molar-refractivity contribution < 1.29 is 9.59 Å². The summed E-state index contributed by atoms with van der Waals surface area (Å²) in [5.41, 5.74) is 2.78. The van der Waals surface area contributed by atoms with Crippen molar-refractivity contribution in [2.24, 2.45) is 0 Å². The molecule has 0 bridgehead atoms. The molecular formula is C23H26N2O2. The van der Waals surface area contributed by atoms with Crippen LogP contribution in [-0.2, 0) is 15.0 Å². The zero-order valence-electron chi connectivity index (χ0n) is 15.8. The number of hydrogen-bond acceptors (Lipinski definition) is 2. The van der Waals surface area contributed by atoms with Gasteiger partial charge in [0.05, 0.1) is 5.41 Å². The van der Waals surface area contributed by atoms with Gasteiger partial charge in [-0.3, -0.25) is 9.59 Å². The van der Waals surface area contributed by atoms with Crippen LogP contribution in [0.3, 0.4) is 0 Å². The molecule has 0 aromatic heterocycles. The number of hydrogen-bond donors (Lipinski definition) is 1. The Morgan fingerprint density at radius 3 is 2.48 bits per heavy atom. The van der Waals surface area contributed by atoms with Crippen molar-refractivity contribution in [3.05, 3.63) is 65.7 Å². The number of anilines is 1. The lowest BCUT2D eigenvalue weighted by atomic mass is 9.77. The van der Waals surface area contributed by atoms with E-state index in [2.05, 4.69) is 23.5 Å². The summed E-state index contributed by atoms with van der Waals surface area (Å²) in [4.78, 5) is 27.3. The Balaban J connectivity index is 1.54. The van der Waals surface area contributed by atoms with E-state index < -0.39 is 5.41 Å². The lowest BCUT2D eigenvalue weighted by molar-refractivity contribution is -0.127. The predicted molar refractivity (Wildman–Crippen MR) is 107 cm³/mol. The molecule has 1 aliphatic carbocycles. The van der Waals surface area contributed by atoms with Crippen LogP contribution >= 0.6 is 0 Å². The highest BCUT2D eigenvalue weighted by Gasteiger charge is 2.42. The quantitative estimate of drug-likeness (QED) is 0.900. The Morgan fingerprint density at radius 1 is 1.07 bits per heavy atom. The molecule has 1 atom stereocenters. The Hall–Kier alpha value is -2.62. The molecule has 1 heterocycles. The third-order valence-corrected chi connectivity index (χ3v) is 6.26. The smallest absolute Gasteiger partial charge is 0.230 e. The summed E-state index contributed by atoms with van der Waals surface area (Å²) in [6.07, 6.45) is 4.39. The first kappa shape index (κ1) is 17.8. The number of carbonyl (C=O) groups excluding carboxylic acids is 2. The van der Waals surface area contributed by atoms with E-state index in [-0.39, 0.29) is 17.7 Å². The Bertz CT molecular complexity index is 840. The molecular weight excluding hydrogens is 336 g/mol. The average Bonchev–Trinajstić information content (AvgIpc) is 3.21. The van der Waals surface area contributed by atoms with Gasteiger partial charge in [0.1, 0.15) is 0 Å². The van der Waals surface area contributed by atoms with Gasteiger partial charge in [-0.25, -0.2) is 0 Å². The molecule has 1 aliphatic heterocycles. The number of fused-ring (bicyclic) bond motifs is 1. The van der Waals surface area contributed by atoms with Crippen LogP contribution in [-0.4, -0.2) is 25.4 Å². The SMILES string of the molecule is CN1C(=O)C[C@H](CNC(=O)C2(c3ccccc3)CCCC2)c2ccccc21. The van der Waals surface area contributed by atoms with Gasteiger partial charge in [0.2, 0.25) is 11.8 Å². The van der Waals surface area contributed by atoms with Crippen molar-refractivity contribution in [1.82, 2.24) is 5.32 Å². The van der Waals surface area contributed by atoms with Crippen LogP contribution in [0.15, 0.2) is 54.6 Å². The number of carbonyl (C=O) groups is 2. The minimum absolute atomic E-state index is 0.0306. The summed E-state index contributed by atoms with van der Waals surface area (Å²) in [6.45, 7) is 0.504. The van der Waals surface area contributed by atoms with Gasteiger partial charge in [-0.15, -0.1) is 0 Å². The first-order valence-corrected chi connectivity index (χ1v) is 9.81. The highest BCUT2D eigenvalue weighted by Crippen LogP contribution is 2.41. The molecule has 4 heteroatoms. The molecule has 0 radical (unpaired) electrons. The van der Waals surface area contributed by atoms with E-state index in [4.69, 9.17) is 0 Å².